The fourth-order valence-corrected chi connectivity index (χ4v) is 1.66. The highest BCUT2D eigenvalue weighted by Crippen LogP contribution is 1.97. The monoisotopic (exact) mass is 215 g/mol. The average molecular weight is 215 g/mol. The highest BCUT2D eigenvalue weighted by molar-refractivity contribution is 7.07. The minimum absolute atomic E-state index is 0.0890. The van der Waals surface area contributed by atoms with Crippen LogP contribution in [0.5, 0.6) is 0 Å². The van der Waals surface area contributed by atoms with Crippen LogP contribution in [0.15, 0.2) is 10.2 Å². The number of hydrogen-bond acceptors (Lipinski definition) is 4. The topological polar surface area (TPSA) is 88.0 Å². The molecule has 0 aromatic carbocycles. The zero-order chi connectivity index (χ0) is 10.6. The molecule has 0 radical (unpaired) electrons. The molecule has 0 aliphatic heterocycles. The number of rotatable bonds is 5. The second-order valence-corrected chi connectivity index (χ2v) is 3.76. The summed E-state index contributed by atoms with van der Waals surface area (Å²) in [6, 6.07) is -0.335. The van der Waals surface area contributed by atoms with Gasteiger partial charge in [0.15, 0.2) is 0 Å². The summed E-state index contributed by atoms with van der Waals surface area (Å²) in [6.45, 7) is 2.33. The van der Waals surface area contributed by atoms with E-state index in [4.69, 9.17) is 5.73 Å². The third-order valence-electron chi connectivity index (χ3n) is 1.86. The number of carbonyl (C=O) groups is 1. The van der Waals surface area contributed by atoms with Crippen LogP contribution in [0.1, 0.15) is 19.0 Å². The molecule has 1 heterocycles. The lowest BCUT2D eigenvalue weighted by Gasteiger charge is -2.11. The van der Waals surface area contributed by atoms with Gasteiger partial charge in [-0.25, -0.2) is 0 Å². The van der Waals surface area contributed by atoms with E-state index in [2.05, 4.69) is 10.3 Å². The van der Waals surface area contributed by atoms with Crippen molar-refractivity contribution < 1.29 is 4.79 Å². The van der Waals surface area contributed by atoms with Crippen LogP contribution in [0.25, 0.3) is 0 Å². The van der Waals surface area contributed by atoms with Crippen molar-refractivity contribution in [1.29, 1.82) is 0 Å². The van der Waals surface area contributed by atoms with Crippen molar-refractivity contribution in [2.75, 3.05) is 0 Å². The molecule has 1 atom stereocenters. The van der Waals surface area contributed by atoms with Gasteiger partial charge in [0.1, 0.15) is 0 Å². The Kier molecular flexibility index (Phi) is 3.84. The maximum atomic E-state index is 10.8. The standard InChI is InChI=1S/C8H13N3O2S/c1-2-6(7(9)12)10-3-5-4-14-8(13)11-5/h4,6,10H,2-3H2,1H3,(H2,9,12)(H,11,13). The number of nitrogens with two attached hydrogens (primary N) is 1. The molecule has 0 fully saturated rings. The van der Waals surface area contributed by atoms with E-state index >= 15 is 0 Å². The van der Waals surface area contributed by atoms with E-state index in [1.165, 1.54) is 0 Å². The molecule has 5 nitrogen and oxygen atoms in total. The van der Waals surface area contributed by atoms with Gasteiger partial charge in [-0.15, -0.1) is 0 Å². The Morgan fingerprint density at radius 2 is 2.50 bits per heavy atom. The third-order valence-corrected chi connectivity index (χ3v) is 2.58. The number of aromatic amines is 1. The van der Waals surface area contributed by atoms with Crippen LogP contribution in [-0.2, 0) is 11.3 Å². The first kappa shape index (κ1) is 10.9. The predicted molar refractivity (Wildman–Crippen MR) is 55.1 cm³/mol. The predicted octanol–water partition coefficient (Wildman–Crippen LogP) is -0.210. The second kappa shape index (κ2) is 4.92. The van der Waals surface area contributed by atoms with Gasteiger partial charge >= 0.3 is 4.87 Å². The molecule has 1 unspecified atom stereocenters. The molecule has 0 bridgehead atoms. The average Bonchev–Trinajstić information content (AvgIpc) is 2.52. The number of hydrogen-bond donors (Lipinski definition) is 3. The number of carbonyl (C=O) groups excluding carboxylic acids is 1. The minimum atomic E-state index is -0.370. The zero-order valence-electron chi connectivity index (χ0n) is 7.87. The summed E-state index contributed by atoms with van der Waals surface area (Å²) in [5.74, 6) is -0.370. The molecular weight excluding hydrogens is 202 g/mol. The summed E-state index contributed by atoms with van der Waals surface area (Å²) < 4.78 is 0. The third kappa shape index (κ3) is 2.97. The molecule has 78 valence electrons. The number of aromatic nitrogens is 1. The van der Waals surface area contributed by atoms with Gasteiger partial charge in [-0.2, -0.15) is 0 Å². The summed E-state index contributed by atoms with van der Waals surface area (Å²) in [4.78, 5) is 24.2. The smallest absolute Gasteiger partial charge is 0.304 e. The Morgan fingerprint density at radius 3 is 2.93 bits per heavy atom. The molecule has 0 spiro atoms. The number of thiazole rings is 1. The molecular formula is C8H13N3O2S. The minimum Gasteiger partial charge on any atom is -0.368 e. The second-order valence-electron chi connectivity index (χ2n) is 2.92. The lowest BCUT2D eigenvalue weighted by Crippen LogP contribution is -2.40. The number of amides is 1. The normalized spacial score (nSPS) is 12.6. The van der Waals surface area contributed by atoms with Gasteiger partial charge in [-0.1, -0.05) is 18.3 Å². The van der Waals surface area contributed by atoms with Crippen molar-refractivity contribution in [3.8, 4) is 0 Å². The first-order valence-corrected chi connectivity index (χ1v) is 5.20. The lowest BCUT2D eigenvalue weighted by molar-refractivity contribution is -0.120. The van der Waals surface area contributed by atoms with Crippen molar-refractivity contribution in [2.24, 2.45) is 5.73 Å². The van der Waals surface area contributed by atoms with Gasteiger partial charge in [-0.05, 0) is 6.42 Å². The van der Waals surface area contributed by atoms with Crippen molar-refractivity contribution in [1.82, 2.24) is 10.3 Å². The van der Waals surface area contributed by atoms with Gasteiger partial charge in [0.25, 0.3) is 0 Å². The molecule has 0 aliphatic carbocycles. The van der Waals surface area contributed by atoms with Gasteiger partial charge in [0.2, 0.25) is 5.91 Å². The van der Waals surface area contributed by atoms with Gasteiger partial charge in [-0.3, -0.25) is 9.59 Å². The summed E-state index contributed by atoms with van der Waals surface area (Å²) in [7, 11) is 0. The van der Waals surface area contributed by atoms with E-state index in [0.717, 1.165) is 17.0 Å². The molecule has 14 heavy (non-hydrogen) atoms. The summed E-state index contributed by atoms with van der Waals surface area (Å²) in [5, 5.41) is 4.69. The molecule has 0 aliphatic rings. The molecule has 0 saturated heterocycles. The van der Waals surface area contributed by atoms with E-state index in [0.29, 0.717) is 13.0 Å². The van der Waals surface area contributed by atoms with Crippen LogP contribution in [0.3, 0.4) is 0 Å². The molecule has 4 N–H and O–H groups in total. The Bertz CT molecular complexity index is 357. The van der Waals surface area contributed by atoms with Crippen LogP contribution in [0.2, 0.25) is 0 Å². The molecule has 1 amide bonds. The highest BCUT2D eigenvalue weighted by Gasteiger charge is 2.11. The van der Waals surface area contributed by atoms with Crippen LogP contribution in [-0.4, -0.2) is 16.9 Å². The van der Waals surface area contributed by atoms with Crippen LogP contribution in [0, 0.1) is 0 Å². The largest absolute Gasteiger partial charge is 0.368 e. The van der Waals surface area contributed by atoms with E-state index in [9.17, 15) is 9.59 Å². The Morgan fingerprint density at radius 1 is 1.79 bits per heavy atom. The number of H-pyrrole nitrogens is 1. The van der Waals surface area contributed by atoms with Crippen molar-refractivity contribution >= 4 is 17.2 Å². The van der Waals surface area contributed by atoms with E-state index in [1.54, 1.807) is 5.38 Å². The Balaban J connectivity index is 2.47. The molecule has 6 heteroatoms. The van der Waals surface area contributed by atoms with Gasteiger partial charge in [0, 0.05) is 17.6 Å². The number of nitrogens with one attached hydrogen (secondary N) is 2. The van der Waals surface area contributed by atoms with Crippen molar-refractivity contribution in [3.63, 3.8) is 0 Å². The summed E-state index contributed by atoms with van der Waals surface area (Å²) in [6.07, 6.45) is 0.643. The fraction of sp³-hybridized carbons (Fsp3) is 0.500. The quantitative estimate of drug-likeness (QED) is 0.635. The Labute approximate surface area is 85.3 Å². The molecule has 1 rings (SSSR count). The van der Waals surface area contributed by atoms with Gasteiger partial charge in [0.05, 0.1) is 6.04 Å². The SMILES string of the molecule is CCC(NCc1csc(=O)[nH]1)C(N)=O. The van der Waals surface area contributed by atoms with Crippen LogP contribution < -0.4 is 15.9 Å². The Hall–Kier alpha value is -1.14. The maximum Gasteiger partial charge on any atom is 0.304 e. The molecule has 1 aromatic rings. The first-order chi connectivity index (χ1) is 6.63. The summed E-state index contributed by atoms with van der Waals surface area (Å²) >= 11 is 1.10. The van der Waals surface area contributed by atoms with E-state index < -0.39 is 0 Å². The summed E-state index contributed by atoms with van der Waals surface area (Å²) in [5.41, 5.74) is 5.92. The van der Waals surface area contributed by atoms with E-state index in [1.807, 2.05) is 6.92 Å². The maximum absolute atomic E-state index is 10.8. The highest BCUT2D eigenvalue weighted by atomic mass is 32.1. The lowest BCUT2D eigenvalue weighted by atomic mass is 10.2. The fourth-order valence-electron chi connectivity index (χ4n) is 1.08. The first-order valence-electron chi connectivity index (χ1n) is 4.33. The molecule has 0 saturated carbocycles. The van der Waals surface area contributed by atoms with Crippen LogP contribution in [0.4, 0.5) is 0 Å². The van der Waals surface area contributed by atoms with Gasteiger partial charge < -0.3 is 16.0 Å². The molecule has 1 aromatic heterocycles. The zero-order valence-corrected chi connectivity index (χ0v) is 8.69. The number of primary amides is 1. The van der Waals surface area contributed by atoms with Crippen molar-refractivity contribution in [2.45, 2.75) is 25.9 Å². The van der Waals surface area contributed by atoms with Crippen molar-refractivity contribution in [3.05, 3.63) is 20.7 Å². The van der Waals surface area contributed by atoms with Crippen LogP contribution >= 0.6 is 11.3 Å². The van der Waals surface area contributed by atoms with E-state index in [-0.39, 0.29) is 16.8 Å².